The number of benzene rings is 1. The summed E-state index contributed by atoms with van der Waals surface area (Å²) < 4.78 is 3.19. The van der Waals surface area contributed by atoms with Gasteiger partial charge in [0, 0.05) is 12.1 Å². The molecule has 0 radical (unpaired) electrons. The number of fused-ring (bicyclic) bond motifs is 3. The summed E-state index contributed by atoms with van der Waals surface area (Å²) in [5.41, 5.74) is 4.51. The summed E-state index contributed by atoms with van der Waals surface area (Å²) in [5, 5.41) is 11.9. The third kappa shape index (κ3) is 4.01. The van der Waals surface area contributed by atoms with Crippen molar-refractivity contribution in [1.82, 2.24) is 9.55 Å². The molecule has 24 heavy (non-hydrogen) atoms. The molecule has 3 heterocycles. The van der Waals surface area contributed by atoms with Crippen molar-refractivity contribution in [3.05, 3.63) is 46.0 Å². The van der Waals surface area contributed by atoms with E-state index in [-0.39, 0.29) is 3.18 Å². The summed E-state index contributed by atoms with van der Waals surface area (Å²) >= 11 is 14.4. The Kier molecular flexibility index (Phi) is 6.29. The molecule has 0 spiro atoms. The number of nitrogens with zero attached hydrogens (tertiary/aromatic N) is 2. The SMILES string of the molecule is BrB(Br)Br.Oc1cc2c(cc1Br)-c1c(-c3cccs3)ncn1CC2. The highest BCUT2D eigenvalue weighted by Crippen LogP contribution is 2.41. The van der Waals surface area contributed by atoms with Crippen molar-refractivity contribution < 1.29 is 5.11 Å². The third-order valence-corrected chi connectivity index (χ3v) is 5.15. The molecule has 3 aromatic rings. The molecule has 0 saturated heterocycles. The fourth-order valence-corrected chi connectivity index (χ4v) is 3.77. The number of phenols is 1. The number of rotatable bonds is 1. The van der Waals surface area contributed by atoms with Gasteiger partial charge in [0.1, 0.15) is 11.4 Å². The predicted octanol–water partition coefficient (Wildman–Crippen LogP) is 6.46. The summed E-state index contributed by atoms with van der Waals surface area (Å²) in [4.78, 5) is 5.76. The quantitative estimate of drug-likeness (QED) is 0.327. The first-order valence-electron chi connectivity index (χ1n) is 7.00. The lowest BCUT2D eigenvalue weighted by Gasteiger charge is -2.20. The van der Waals surface area contributed by atoms with E-state index in [0.29, 0.717) is 5.75 Å². The molecule has 0 bridgehead atoms. The van der Waals surface area contributed by atoms with Crippen molar-refractivity contribution >= 4 is 77.7 Å². The minimum atomic E-state index is 0.271. The van der Waals surface area contributed by atoms with E-state index >= 15 is 0 Å². The summed E-state index contributed by atoms with van der Waals surface area (Å²) in [6, 6.07) is 7.99. The first kappa shape index (κ1) is 18.7. The second-order valence-electron chi connectivity index (χ2n) is 5.07. The van der Waals surface area contributed by atoms with Crippen LogP contribution in [0.15, 0.2) is 40.4 Å². The van der Waals surface area contributed by atoms with Gasteiger partial charge >= 0.3 is 3.18 Å². The van der Waals surface area contributed by atoms with E-state index < -0.39 is 0 Å². The number of aryl methyl sites for hydroxylation is 2. The zero-order valence-corrected chi connectivity index (χ0v) is 19.4. The number of halogens is 4. The van der Waals surface area contributed by atoms with Gasteiger partial charge in [-0.25, -0.2) is 4.98 Å². The smallest absolute Gasteiger partial charge is 0.369 e. The van der Waals surface area contributed by atoms with Crippen molar-refractivity contribution in [3.8, 4) is 27.6 Å². The van der Waals surface area contributed by atoms with Crippen LogP contribution in [0, 0.1) is 0 Å². The van der Waals surface area contributed by atoms with Crippen LogP contribution in [0.2, 0.25) is 0 Å². The molecule has 0 amide bonds. The van der Waals surface area contributed by atoms with Crippen LogP contribution in [0.1, 0.15) is 5.56 Å². The number of aromatic hydroxyl groups is 1. The Morgan fingerprint density at radius 3 is 2.67 bits per heavy atom. The Morgan fingerprint density at radius 1 is 1.25 bits per heavy atom. The van der Waals surface area contributed by atoms with Crippen LogP contribution in [0.4, 0.5) is 0 Å². The van der Waals surface area contributed by atoms with Crippen LogP contribution in [0.3, 0.4) is 0 Å². The predicted molar refractivity (Wildman–Crippen MR) is 117 cm³/mol. The molecule has 2 aromatic heterocycles. The maximum absolute atomic E-state index is 9.86. The molecular formula is C15H11BBr4N2OS. The first-order valence-corrected chi connectivity index (χ1v) is 11.4. The molecule has 1 N–H and O–H groups in total. The summed E-state index contributed by atoms with van der Waals surface area (Å²) in [6.07, 6.45) is 2.83. The van der Waals surface area contributed by atoms with Gasteiger partial charge in [0.05, 0.1) is 21.4 Å². The Morgan fingerprint density at radius 2 is 2.00 bits per heavy atom. The van der Waals surface area contributed by atoms with E-state index in [4.69, 9.17) is 0 Å². The minimum absolute atomic E-state index is 0.271. The van der Waals surface area contributed by atoms with Gasteiger partial charge in [0.25, 0.3) is 0 Å². The Labute approximate surface area is 177 Å². The average Bonchev–Trinajstić information content (AvgIpc) is 3.16. The highest BCUT2D eigenvalue weighted by Gasteiger charge is 2.23. The largest absolute Gasteiger partial charge is 0.507 e. The molecule has 0 atom stereocenters. The first-order chi connectivity index (χ1) is 11.5. The van der Waals surface area contributed by atoms with Crippen molar-refractivity contribution in [3.63, 3.8) is 0 Å². The zero-order valence-electron chi connectivity index (χ0n) is 12.2. The second kappa shape index (κ2) is 8.08. The molecule has 1 aliphatic heterocycles. The topological polar surface area (TPSA) is 38.1 Å². The standard InChI is InChI=1S/C15H11BrN2OS.BBr3/c16-11-7-10-9(6-12(11)19)3-4-18-8-17-14(15(10)18)13-2-1-5-20-13;2-1(3)4/h1-2,5-8,19H,3-4H2;. The molecule has 1 aliphatic rings. The lowest BCUT2D eigenvalue weighted by molar-refractivity contribution is 0.470. The van der Waals surface area contributed by atoms with Crippen molar-refractivity contribution in [2.45, 2.75) is 13.0 Å². The molecular weight excluding hydrogens is 587 g/mol. The van der Waals surface area contributed by atoms with Crippen molar-refractivity contribution in [2.75, 3.05) is 0 Å². The van der Waals surface area contributed by atoms with Crippen LogP contribution in [0.25, 0.3) is 21.8 Å². The van der Waals surface area contributed by atoms with Crippen LogP contribution in [-0.2, 0) is 13.0 Å². The normalized spacial score (nSPS) is 12.0. The molecule has 0 fully saturated rings. The molecule has 0 saturated carbocycles. The Bertz CT molecular complexity index is 849. The van der Waals surface area contributed by atoms with Gasteiger partial charge in [-0.2, -0.15) is 0 Å². The van der Waals surface area contributed by atoms with Crippen molar-refractivity contribution in [2.24, 2.45) is 0 Å². The summed E-state index contributed by atoms with van der Waals surface area (Å²) in [6.45, 7) is 0.905. The van der Waals surface area contributed by atoms with Crippen molar-refractivity contribution in [1.29, 1.82) is 0 Å². The highest BCUT2D eigenvalue weighted by atomic mass is 79.9. The molecule has 124 valence electrons. The fraction of sp³-hybridized carbons (Fsp3) is 0.133. The Balaban J connectivity index is 0.000000383. The van der Waals surface area contributed by atoms with Gasteiger partial charge in [-0.3, -0.25) is 0 Å². The molecule has 3 nitrogen and oxygen atoms in total. The van der Waals surface area contributed by atoms with E-state index in [1.54, 1.807) is 11.3 Å². The number of aromatic nitrogens is 2. The number of thiophene rings is 1. The van der Waals surface area contributed by atoms with E-state index in [2.05, 4.69) is 84.2 Å². The Hall–Kier alpha value is -0.0851. The van der Waals surface area contributed by atoms with Gasteiger partial charge in [0.15, 0.2) is 0 Å². The second-order valence-corrected chi connectivity index (χ2v) is 13.3. The van der Waals surface area contributed by atoms with E-state index in [1.807, 2.05) is 24.5 Å². The maximum atomic E-state index is 9.86. The molecule has 1 aromatic carbocycles. The van der Waals surface area contributed by atoms with Crippen LogP contribution in [-0.4, -0.2) is 17.8 Å². The zero-order chi connectivity index (χ0) is 17.3. The van der Waals surface area contributed by atoms with Crippen LogP contribution >= 0.6 is 74.5 Å². The molecule has 0 aliphatic carbocycles. The average molecular weight is 598 g/mol. The van der Waals surface area contributed by atoms with Crippen LogP contribution < -0.4 is 0 Å². The minimum Gasteiger partial charge on any atom is -0.507 e. The van der Waals surface area contributed by atoms with Gasteiger partial charge < -0.3 is 9.67 Å². The number of phenolic OH excluding ortho intramolecular Hbond substituents is 1. The van der Waals surface area contributed by atoms with E-state index in [9.17, 15) is 5.11 Å². The molecule has 4 rings (SSSR count). The number of imidazole rings is 1. The highest BCUT2D eigenvalue weighted by molar-refractivity contribution is 9.69. The van der Waals surface area contributed by atoms with Gasteiger partial charge in [-0.15, -0.1) is 58.6 Å². The van der Waals surface area contributed by atoms with Crippen LogP contribution in [0.5, 0.6) is 5.75 Å². The lowest BCUT2D eigenvalue weighted by Crippen LogP contribution is -2.10. The molecule has 0 unspecified atom stereocenters. The summed E-state index contributed by atoms with van der Waals surface area (Å²) in [7, 11) is 0. The van der Waals surface area contributed by atoms with Gasteiger partial charge in [-0.05, 0) is 51.5 Å². The van der Waals surface area contributed by atoms with Gasteiger partial charge in [0.2, 0.25) is 0 Å². The fourth-order valence-electron chi connectivity index (χ4n) is 2.70. The monoisotopic (exact) mass is 594 g/mol. The van der Waals surface area contributed by atoms with Gasteiger partial charge in [-0.1, -0.05) is 6.07 Å². The number of hydrogen-bond acceptors (Lipinski definition) is 3. The lowest BCUT2D eigenvalue weighted by atomic mass is 9.96. The molecule has 9 heteroatoms. The maximum Gasteiger partial charge on any atom is 0.369 e. The number of hydrogen-bond donors (Lipinski definition) is 1. The van der Waals surface area contributed by atoms with E-state index in [0.717, 1.165) is 34.4 Å². The van der Waals surface area contributed by atoms with E-state index in [1.165, 1.54) is 10.4 Å². The third-order valence-electron chi connectivity index (χ3n) is 3.64. The summed E-state index contributed by atoms with van der Waals surface area (Å²) in [5.74, 6) is 0.300.